The summed E-state index contributed by atoms with van der Waals surface area (Å²) in [6.07, 6.45) is 0. The Labute approximate surface area is 93.9 Å². The van der Waals surface area contributed by atoms with E-state index in [2.05, 4.69) is 4.98 Å². The van der Waals surface area contributed by atoms with Gasteiger partial charge in [-0.1, -0.05) is 30.3 Å². The van der Waals surface area contributed by atoms with Crippen molar-refractivity contribution >= 4 is 0 Å². The zero-order valence-corrected chi connectivity index (χ0v) is 9.16. The maximum Gasteiger partial charge on any atom is 0.253 e. The van der Waals surface area contributed by atoms with E-state index in [1.165, 1.54) is 0 Å². The first-order valence-corrected chi connectivity index (χ1v) is 5.20. The molecule has 3 N–H and O–H groups in total. The number of aryl methyl sites for hydroxylation is 1. The van der Waals surface area contributed by atoms with Gasteiger partial charge in [0.1, 0.15) is 0 Å². The van der Waals surface area contributed by atoms with Gasteiger partial charge in [-0.15, -0.1) is 0 Å². The molecular formula is C13H14N2O. The molecule has 0 amide bonds. The Morgan fingerprint density at radius 3 is 2.50 bits per heavy atom. The van der Waals surface area contributed by atoms with Crippen LogP contribution in [0.25, 0.3) is 11.3 Å². The Hall–Kier alpha value is -1.87. The van der Waals surface area contributed by atoms with Crippen LogP contribution in [0.5, 0.6) is 0 Å². The SMILES string of the molecule is Cc1cc(-c2ccccc2)[nH]c(=O)c1CN. The Balaban J connectivity index is 2.57. The third-order valence-corrected chi connectivity index (χ3v) is 2.65. The largest absolute Gasteiger partial charge is 0.326 e. The second-order valence-corrected chi connectivity index (χ2v) is 3.74. The number of pyridine rings is 1. The third-order valence-electron chi connectivity index (χ3n) is 2.65. The van der Waals surface area contributed by atoms with E-state index < -0.39 is 0 Å². The Bertz CT molecular complexity index is 544. The maximum absolute atomic E-state index is 11.7. The fourth-order valence-electron chi connectivity index (χ4n) is 1.74. The standard InChI is InChI=1S/C13H14N2O/c1-9-7-12(10-5-3-2-4-6-10)15-13(16)11(9)8-14/h2-7H,8,14H2,1H3,(H,15,16). The van der Waals surface area contributed by atoms with E-state index in [-0.39, 0.29) is 12.1 Å². The summed E-state index contributed by atoms with van der Waals surface area (Å²) in [5.41, 5.74) is 8.85. The molecule has 1 aromatic carbocycles. The van der Waals surface area contributed by atoms with Crippen molar-refractivity contribution in [2.75, 3.05) is 0 Å². The number of nitrogens with two attached hydrogens (primary N) is 1. The van der Waals surface area contributed by atoms with Crippen LogP contribution in [0.3, 0.4) is 0 Å². The van der Waals surface area contributed by atoms with Gasteiger partial charge in [0.2, 0.25) is 0 Å². The van der Waals surface area contributed by atoms with Crippen molar-refractivity contribution in [3.05, 3.63) is 57.9 Å². The Kier molecular flexibility index (Phi) is 2.88. The van der Waals surface area contributed by atoms with Crippen LogP contribution in [0, 0.1) is 6.92 Å². The average molecular weight is 214 g/mol. The van der Waals surface area contributed by atoms with Crippen molar-refractivity contribution in [3.63, 3.8) is 0 Å². The summed E-state index contributed by atoms with van der Waals surface area (Å²) >= 11 is 0. The number of hydrogen-bond donors (Lipinski definition) is 2. The van der Waals surface area contributed by atoms with Gasteiger partial charge in [0.05, 0.1) is 0 Å². The van der Waals surface area contributed by atoms with Crippen LogP contribution in [0.1, 0.15) is 11.1 Å². The monoisotopic (exact) mass is 214 g/mol. The van der Waals surface area contributed by atoms with Gasteiger partial charge in [0.15, 0.2) is 0 Å². The summed E-state index contributed by atoms with van der Waals surface area (Å²) in [6.45, 7) is 2.18. The number of benzene rings is 1. The van der Waals surface area contributed by atoms with Gasteiger partial charge >= 0.3 is 0 Å². The van der Waals surface area contributed by atoms with Crippen LogP contribution >= 0.6 is 0 Å². The topological polar surface area (TPSA) is 58.9 Å². The maximum atomic E-state index is 11.7. The molecule has 0 spiro atoms. The lowest BCUT2D eigenvalue weighted by Gasteiger charge is -2.06. The van der Waals surface area contributed by atoms with E-state index in [4.69, 9.17) is 5.73 Å². The van der Waals surface area contributed by atoms with Crippen LogP contribution in [-0.4, -0.2) is 4.98 Å². The minimum Gasteiger partial charge on any atom is -0.326 e. The fraction of sp³-hybridized carbons (Fsp3) is 0.154. The van der Waals surface area contributed by atoms with Crippen LogP contribution in [0.2, 0.25) is 0 Å². The zero-order valence-electron chi connectivity index (χ0n) is 9.16. The summed E-state index contributed by atoms with van der Waals surface area (Å²) in [6, 6.07) is 11.7. The first-order valence-electron chi connectivity index (χ1n) is 5.20. The molecule has 0 aliphatic rings. The van der Waals surface area contributed by atoms with Gasteiger partial charge in [0, 0.05) is 17.8 Å². The number of aromatic amines is 1. The second kappa shape index (κ2) is 4.33. The van der Waals surface area contributed by atoms with E-state index in [0.29, 0.717) is 5.56 Å². The number of nitrogens with one attached hydrogen (secondary N) is 1. The minimum absolute atomic E-state index is 0.0960. The normalized spacial score (nSPS) is 10.4. The van der Waals surface area contributed by atoms with E-state index in [9.17, 15) is 4.79 Å². The van der Waals surface area contributed by atoms with Gasteiger partial charge in [-0.3, -0.25) is 4.79 Å². The molecule has 0 saturated heterocycles. The predicted molar refractivity (Wildman–Crippen MR) is 65.1 cm³/mol. The van der Waals surface area contributed by atoms with Gasteiger partial charge in [-0.05, 0) is 24.1 Å². The molecule has 1 aromatic heterocycles. The molecule has 16 heavy (non-hydrogen) atoms. The summed E-state index contributed by atoms with van der Waals surface area (Å²) in [5.74, 6) is 0. The average Bonchev–Trinajstić information content (AvgIpc) is 2.30. The molecule has 2 rings (SSSR count). The van der Waals surface area contributed by atoms with E-state index >= 15 is 0 Å². The zero-order chi connectivity index (χ0) is 11.5. The van der Waals surface area contributed by atoms with Crippen molar-refractivity contribution in [2.24, 2.45) is 5.73 Å². The van der Waals surface area contributed by atoms with Crippen molar-refractivity contribution in [2.45, 2.75) is 13.5 Å². The molecule has 0 unspecified atom stereocenters. The van der Waals surface area contributed by atoms with Crippen LogP contribution < -0.4 is 11.3 Å². The smallest absolute Gasteiger partial charge is 0.253 e. The van der Waals surface area contributed by atoms with Gasteiger partial charge in [0.25, 0.3) is 5.56 Å². The Morgan fingerprint density at radius 2 is 1.94 bits per heavy atom. The predicted octanol–water partition coefficient (Wildman–Crippen LogP) is 1.81. The summed E-state index contributed by atoms with van der Waals surface area (Å²) < 4.78 is 0. The van der Waals surface area contributed by atoms with Crippen LogP contribution in [0.4, 0.5) is 0 Å². The molecule has 0 aliphatic heterocycles. The number of aromatic nitrogens is 1. The number of H-pyrrole nitrogens is 1. The molecule has 3 heteroatoms. The number of rotatable bonds is 2. The highest BCUT2D eigenvalue weighted by molar-refractivity contribution is 5.59. The number of hydrogen-bond acceptors (Lipinski definition) is 2. The summed E-state index contributed by atoms with van der Waals surface area (Å²) in [4.78, 5) is 14.6. The molecule has 3 nitrogen and oxygen atoms in total. The third kappa shape index (κ3) is 1.90. The molecule has 0 saturated carbocycles. The van der Waals surface area contributed by atoms with Gasteiger partial charge in [-0.25, -0.2) is 0 Å². The summed E-state index contributed by atoms with van der Waals surface area (Å²) in [7, 11) is 0. The van der Waals surface area contributed by atoms with E-state index in [0.717, 1.165) is 16.8 Å². The lowest BCUT2D eigenvalue weighted by atomic mass is 10.1. The molecule has 0 atom stereocenters. The lowest BCUT2D eigenvalue weighted by molar-refractivity contribution is 0.996. The highest BCUT2D eigenvalue weighted by atomic mass is 16.1. The second-order valence-electron chi connectivity index (χ2n) is 3.74. The first kappa shape index (κ1) is 10.6. The molecule has 0 radical (unpaired) electrons. The van der Waals surface area contributed by atoms with Crippen LogP contribution in [-0.2, 0) is 6.54 Å². The molecule has 0 bridgehead atoms. The molecule has 0 fully saturated rings. The van der Waals surface area contributed by atoms with Crippen molar-refractivity contribution in [1.29, 1.82) is 0 Å². The fourth-order valence-corrected chi connectivity index (χ4v) is 1.74. The lowest BCUT2D eigenvalue weighted by Crippen LogP contribution is -2.18. The van der Waals surface area contributed by atoms with Crippen LogP contribution in [0.15, 0.2) is 41.2 Å². The highest BCUT2D eigenvalue weighted by Crippen LogP contribution is 2.16. The minimum atomic E-state index is -0.0960. The van der Waals surface area contributed by atoms with E-state index in [1.807, 2.05) is 43.3 Å². The molecule has 82 valence electrons. The molecule has 1 heterocycles. The molecule has 2 aromatic rings. The molecule has 0 aliphatic carbocycles. The van der Waals surface area contributed by atoms with Crippen molar-refractivity contribution < 1.29 is 0 Å². The molecular weight excluding hydrogens is 200 g/mol. The quantitative estimate of drug-likeness (QED) is 0.801. The van der Waals surface area contributed by atoms with Gasteiger partial charge in [-0.2, -0.15) is 0 Å². The van der Waals surface area contributed by atoms with Gasteiger partial charge < -0.3 is 10.7 Å². The van der Waals surface area contributed by atoms with Crippen molar-refractivity contribution in [3.8, 4) is 11.3 Å². The van der Waals surface area contributed by atoms with Crippen molar-refractivity contribution in [1.82, 2.24) is 4.98 Å². The Morgan fingerprint density at radius 1 is 1.25 bits per heavy atom. The summed E-state index contributed by atoms with van der Waals surface area (Å²) in [5, 5.41) is 0. The van der Waals surface area contributed by atoms with E-state index in [1.54, 1.807) is 0 Å². The highest BCUT2D eigenvalue weighted by Gasteiger charge is 2.05. The first-order chi connectivity index (χ1) is 7.72.